The second-order valence-corrected chi connectivity index (χ2v) is 8.66. The highest BCUT2D eigenvalue weighted by molar-refractivity contribution is 7.21. The first-order chi connectivity index (χ1) is 14.6. The van der Waals surface area contributed by atoms with Crippen LogP contribution >= 0.6 is 11.3 Å². The van der Waals surface area contributed by atoms with Gasteiger partial charge in [0.05, 0.1) is 34.3 Å². The largest absolute Gasteiger partial charge is 0.405 e. The number of aliphatic hydroxyl groups excluding tert-OH is 2. The Morgan fingerprint density at radius 3 is 2.61 bits per heavy atom. The molecule has 0 aliphatic heterocycles. The molecule has 0 saturated heterocycles. The van der Waals surface area contributed by atoms with Gasteiger partial charge >= 0.3 is 6.18 Å². The number of nitrogens with one attached hydrogen (secondary N) is 2. The van der Waals surface area contributed by atoms with Gasteiger partial charge in [-0.25, -0.2) is 9.97 Å². The molecule has 4 rings (SSSR count). The molecule has 0 spiro atoms. The standard InChI is InChI=1S/C19H21F3N6O2S/c1-8-5-10(15(30)14(8)29)26-16-13(17-27-11-6-23-4-3-12(11)31-17)9(2)25-18(28-16)24-7-19(20,21)22/h3-4,6,8,10,14-15,29-30H,5,7H2,1-2H3,(H2,24,25,26,28)/t8-,10+,14+,15-/m0/s1. The molecule has 1 aliphatic rings. The molecule has 1 fully saturated rings. The van der Waals surface area contributed by atoms with Crippen LogP contribution in [0.2, 0.25) is 0 Å². The van der Waals surface area contributed by atoms with Crippen LogP contribution in [0.15, 0.2) is 18.5 Å². The first kappa shape index (κ1) is 21.7. The predicted molar refractivity (Wildman–Crippen MR) is 111 cm³/mol. The second kappa shape index (κ2) is 8.17. The van der Waals surface area contributed by atoms with E-state index >= 15 is 0 Å². The highest BCUT2D eigenvalue weighted by Crippen LogP contribution is 2.38. The molecule has 1 saturated carbocycles. The van der Waals surface area contributed by atoms with Crippen molar-refractivity contribution in [3.05, 3.63) is 24.2 Å². The fourth-order valence-electron chi connectivity index (χ4n) is 3.65. The number of fused-ring (bicyclic) bond motifs is 1. The molecule has 3 aromatic heterocycles. The van der Waals surface area contributed by atoms with Crippen molar-refractivity contribution in [3.63, 3.8) is 0 Å². The van der Waals surface area contributed by atoms with Gasteiger partial charge in [-0.05, 0) is 25.3 Å². The number of hydrogen-bond acceptors (Lipinski definition) is 9. The number of aliphatic hydroxyl groups is 2. The summed E-state index contributed by atoms with van der Waals surface area (Å²) in [6.45, 7) is 2.20. The van der Waals surface area contributed by atoms with E-state index in [2.05, 4.69) is 30.6 Å². The molecule has 4 atom stereocenters. The number of alkyl halides is 3. The van der Waals surface area contributed by atoms with Gasteiger partial charge in [0, 0.05) is 6.20 Å². The second-order valence-electron chi connectivity index (χ2n) is 7.63. The summed E-state index contributed by atoms with van der Waals surface area (Å²) in [5.41, 5.74) is 1.63. The van der Waals surface area contributed by atoms with E-state index in [4.69, 9.17) is 0 Å². The Balaban J connectivity index is 1.75. The van der Waals surface area contributed by atoms with Crippen LogP contribution in [0.3, 0.4) is 0 Å². The fraction of sp³-hybridized carbons (Fsp3) is 0.474. The summed E-state index contributed by atoms with van der Waals surface area (Å²) in [5, 5.41) is 26.4. The van der Waals surface area contributed by atoms with Crippen molar-refractivity contribution in [1.29, 1.82) is 0 Å². The topological polar surface area (TPSA) is 116 Å². The first-order valence-electron chi connectivity index (χ1n) is 9.65. The lowest BCUT2D eigenvalue weighted by atomic mass is 10.1. The molecule has 8 nitrogen and oxygen atoms in total. The van der Waals surface area contributed by atoms with Gasteiger partial charge in [0.1, 0.15) is 29.0 Å². The van der Waals surface area contributed by atoms with Crippen LogP contribution in [-0.4, -0.2) is 61.1 Å². The molecule has 0 amide bonds. The normalized spacial score (nSPS) is 24.0. The number of anilines is 2. The zero-order valence-corrected chi connectivity index (χ0v) is 17.5. The molecule has 31 heavy (non-hydrogen) atoms. The van der Waals surface area contributed by atoms with E-state index in [1.165, 1.54) is 11.3 Å². The quantitative estimate of drug-likeness (QED) is 0.465. The lowest BCUT2D eigenvalue weighted by molar-refractivity contribution is -0.115. The number of halogens is 3. The molecule has 4 N–H and O–H groups in total. The Kier molecular flexibility index (Phi) is 5.71. The predicted octanol–water partition coefficient (Wildman–Crippen LogP) is 2.97. The van der Waals surface area contributed by atoms with Crippen molar-refractivity contribution in [2.24, 2.45) is 5.92 Å². The van der Waals surface area contributed by atoms with Crippen LogP contribution in [0, 0.1) is 12.8 Å². The van der Waals surface area contributed by atoms with Gasteiger partial charge in [0.25, 0.3) is 0 Å². The number of nitrogens with zero attached hydrogens (tertiary/aromatic N) is 4. The maximum atomic E-state index is 12.7. The maximum absolute atomic E-state index is 12.7. The number of aromatic nitrogens is 4. The molecular weight excluding hydrogens is 433 g/mol. The number of pyridine rings is 1. The molecule has 0 unspecified atom stereocenters. The SMILES string of the molecule is Cc1nc(NCC(F)(F)F)nc(N[C@@H]2C[C@H](C)[C@@H](O)[C@H]2O)c1-c1nc2cnccc2s1. The number of rotatable bonds is 5. The van der Waals surface area contributed by atoms with E-state index in [1.54, 1.807) is 19.3 Å². The zero-order chi connectivity index (χ0) is 22.3. The van der Waals surface area contributed by atoms with Crippen LogP contribution in [-0.2, 0) is 0 Å². The zero-order valence-electron chi connectivity index (χ0n) is 16.7. The van der Waals surface area contributed by atoms with Crippen molar-refractivity contribution in [1.82, 2.24) is 19.9 Å². The minimum absolute atomic E-state index is 0.143. The molecule has 1 aliphatic carbocycles. The Morgan fingerprint density at radius 1 is 1.19 bits per heavy atom. The lowest BCUT2D eigenvalue weighted by Gasteiger charge is -2.21. The molecular formula is C19H21F3N6O2S. The average molecular weight is 454 g/mol. The summed E-state index contributed by atoms with van der Waals surface area (Å²) in [5.74, 6) is -0.0882. The molecule has 0 bridgehead atoms. The summed E-state index contributed by atoms with van der Waals surface area (Å²) < 4.78 is 38.9. The van der Waals surface area contributed by atoms with Gasteiger partial charge in [0.15, 0.2) is 0 Å². The average Bonchev–Trinajstić information content (AvgIpc) is 3.22. The molecule has 0 aromatic carbocycles. The summed E-state index contributed by atoms with van der Waals surface area (Å²) in [4.78, 5) is 17.1. The lowest BCUT2D eigenvalue weighted by Crippen LogP contribution is -2.35. The Hall–Kier alpha value is -2.57. The van der Waals surface area contributed by atoms with Gasteiger partial charge in [-0.15, -0.1) is 11.3 Å². The minimum atomic E-state index is -4.43. The molecule has 3 aromatic rings. The highest BCUT2D eigenvalue weighted by Gasteiger charge is 2.39. The maximum Gasteiger partial charge on any atom is 0.405 e. The van der Waals surface area contributed by atoms with Crippen molar-refractivity contribution in [3.8, 4) is 10.6 Å². The third-order valence-corrected chi connectivity index (χ3v) is 6.29. The van der Waals surface area contributed by atoms with Gasteiger partial charge in [-0.1, -0.05) is 6.92 Å². The third-order valence-electron chi connectivity index (χ3n) is 5.23. The number of aryl methyl sites for hydroxylation is 1. The van der Waals surface area contributed by atoms with Crippen molar-refractivity contribution < 1.29 is 23.4 Å². The minimum Gasteiger partial charge on any atom is -0.390 e. The van der Waals surface area contributed by atoms with E-state index in [-0.39, 0.29) is 17.7 Å². The van der Waals surface area contributed by atoms with Crippen molar-refractivity contribution in [2.45, 2.75) is 44.7 Å². The van der Waals surface area contributed by atoms with Crippen LogP contribution in [0.25, 0.3) is 20.8 Å². The van der Waals surface area contributed by atoms with Crippen LogP contribution in [0.5, 0.6) is 0 Å². The molecule has 12 heteroatoms. The molecule has 0 radical (unpaired) electrons. The third kappa shape index (κ3) is 4.55. The van der Waals surface area contributed by atoms with Gasteiger partial charge in [-0.3, -0.25) is 4.98 Å². The number of hydrogen-bond donors (Lipinski definition) is 4. The number of thiazole rings is 1. The van der Waals surface area contributed by atoms with Crippen LogP contribution in [0.1, 0.15) is 19.0 Å². The van der Waals surface area contributed by atoms with Crippen molar-refractivity contribution in [2.75, 3.05) is 17.2 Å². The summed E-state index contributed by atoms with van der Waals surface area (Å²) in [6, 6.07) is 1.29. The smallest absolute Gasteiger partial charge is 0.390 e. The van der Waals surface area contributed by atoms with Crippen molar-refractivity contribution >= 4 is 33.3 Å². The van der Waals surface area contributed by atoms with E-state index < -0.39 is 31.0 Å². The van der Waals surface area contributed by atoms with E-state index in [9.17, 15) is 23.4 Å². The summed E-state index contributed by atoms with van der Waals surface area (Å²) in [6.07, 6.45) is -2.62. The van der Waals surface area contributed by atoms with E-state index in [1.807, 2.05) is 13.0 Å². The van der Waals surface area contributed by atoms with E-state index in [0.717, 1.165) is 4.70 Å². The van der Waals surface area contributed by atoms with E-state index in [0.29, 0.717) is 28.2 Å². The summed E-state index contributed by atoms with van der Waals surface area (Å²) >= 11 is 1.38. The van der Waals surface area contributed by atoms with Gasteiger partial charge in [-0.2, -0.15) is 18.2 Å². The highest BCUT2D eigenvalue weighted by atomic mass is 32.1. The van der Waals surface area contributed by atoms with Crippen LogP contribution in [0.4, 0.5) is 24.9 Å². The van der Waals surface area contributed by atoms with Crippen LogP contribution < -0.4 is 10.6 Å². The van der Waals surface area contributed by atoms with Gasteiger partial charge in [0.2, 0.25) is 5.95 Å². The monoisotopic (exact) mass is 454 g/mol. The summed E-state index contributed by atoms with van der Waals surface area (Å²) in [7, 11) is 0. The Morgan fingerprint density at radius 2 is 1.97 bits per heavy atom. The first-order valence-corrected chi connectivity index (χ1v) is 10.5. The molecule has 166 valence electrons. The Labute approximate surface area is 179 Å². The van der Waals surface area contributed by atoms with Gasteiger partial charge < -0.3 is 20.8 Å². The fourth-order valence-corrected chi connectivity index (χ4v) is 4.68. The Bertz CT molecular complexity index is 1060. The molecule has 3 heterocycles.